The summed E-state index contributed by atoms with van der Waals surface area (Å²) >= 11 is 0. The van der Waals surface area contributed by atoms with Crippen LogP contribution >= 0.6 is 0 Å². The molecule has 7 heteroatoms. The van der Waals surface area contributed by atoms with Gasteiger partial charge in [0.05, 0.1) is 24.1 Å². The quantitative estimate of drug-likeness (QED) is 0.389. The van der Waals surface area contributed by atoms with Gasteiger partial charge in [-0.25, -0.2) is 4.98 Å². The summed E-state index contributed by atoms with van der Waals surface area (Å²) in [6.07, 6.45) is 3.24. The van der Waals surface area contributed by atoms with Crippen molar-refractivity contribution in [2.45, 2.75) is 13.0 Å². The van der Waals surface area contributed by atoms with E-state index in [1.54, 1.807) is 54.7 Å². The Bertz CT molecular complexity index is 1480. The third-order valence-electron chi connectivity index (χ3n) is 5.78. The summed E-state index contributed by atoms with van der Waals surface area (Å²) in [5.41, 5.74) is 1.99. The lowest BCUT2D eigenvalue weighted by molar-refractivity contribution is 0.0970. The summed E-state index contributed by atoms with van der Waals surface area (Å²) in [6.45, 7) is 5.89. The van der Waals surface area contributed by atoms with Crippen molar-refractivity contribution < 1.29 is 18.7 Å². The molecule has 0 aliphatic carbocycles. The van der Waals surface area contributed by atoms with Crippen LogP contribution in [0, 0.1) is 6.92 Å². The maximum Gasteiger partial charge on any atom is 0.296 e. The number of carbonyl (C=O) groups is 1. The molecule has 34 heavy (non-hydrogen) atoms. The van der Waals surface area contributed by atoms with Gasteiger partial charge in [-0.2, -0.15) is 0 Å². The maximum atomic E-state index is 13.7. The summed E-state index contributed by atoms with van der Waals surface area (Å²) < 4.78 is 17.2. The van der Waals surface area contributed by atoms with Crippen LogP contribution in [0.4, 0.5) is 5.82 Å². The number of aromatic nitrogens is 1. The molecule has 2 aromatic carbocycles. The van der Waals surface area contributed by atoms with Crippen molar-refractivity contribution in [3.63, 3.8) is 0 Å². The fourth-order valence-corrected chi connectivity index (χ4v) is 4.26. The number of nitrogens with zero attached hydrogens (tertiary/aromatic N) is 2. The fraction of sp³-hybridized carbons (Fsp3) is 0.148. The Balaban J connectivity index is 1.76. The molecule has 4 aromatic rings. The van der Waals surface area contributed by atoms with Crippen LogP contribution in [-0.2, 0) is 0 Å². The number of ether oxygens (including phenoxy) is 2. The Morgan fingerprint density at radius 1 is 1.12 bits per heavy atom. The van der Waals surface area contributed by atoms with Gasteiger partial charge in [-0.3, -0.25) is 14.5 Å². The van der Waals surface area contributed by atoms with E-state index in [9.17, 15) is 9.59 Å². The van der Waals surface area contributed by atoms with E-state index in [1.165, 1.54) is 12.0 Å². The molecule has 1 aliphatic heterocycles. The number of rotatable bonds is 6. The molecule has 0 saturated heterocycles. The molecule has 170 valence electrons. The molecule has 0 bridgehead atoms. The van der Waals surface area contributed by atoms with Crippen LogP contribution in [0.5, 0.6) is 11.5 Å². The van der Waals surface area contributed by atoms with Gasteiger partial charge in [-0.15, -0.1) is 0 Å². The van der Waals surface area contributed by atoms with Gasteiger partial charge in [0.2, 0.25) is 5.76 Å². The highest BCUT2D eigenvalue weighted by atomic mass is 16.5. The SMILES string of the molecule is C=CCOc1ccc([C@@H]2c3c(oc4ccc(C)cc4c3=O)C(=O)N2c2ccccn2)cc1OC. The first-order valence-corrected chi connectivity index (χ1v) is 10.8. The minimum Gasteiger partial charge on any atom is -0.493 e. The van der Waals surface area contributed by atoms with Crippen molar-refractivity contribution in [3.8, 4) is 11.5 Å². The van der Waals surface area contributed by atoms with Crippen LogP contribution in [0.15, 0.2) is 82.7 Å². The number of fused-ring (bicyclic) bond motifs is 2. The zero-order valence-electron chi connectivity index (χ0n) is 18.8. The lowest BCUT2D eigenvalue weighted by Gasteiger charge is -2.24. The number of pyridine rings is 1. The Labute approximate surface area is 195 Å². The minimum atomic E-state index is -0.749. The van der Waals surface area contributed by atoms with Crippen molar-refractivity contribution in [1.29, 1.82) is 0 Å². The van der Waals surface area contributed by atoms with Crippen LogP contribution in [0.2, 0.25) is 0 Å². The van der Waals surface area contributed by atoms with Crippen molar-refractivity contribution in [1.82, 2.24) is 4.98 Å². The van der Waals surface area contributed by atoms with E-state index in [0.29, 0.717) is 40.5 Å². The second-order valence-electron chi connectivity index (χ2n) is 7.95. The molecule has 1 aliphatic rings. The van der Waals surface area contributed by atoms with Gasteiger partial charge in [0.15, 0.2) is 16.9 Å². The summed E-state index contributed by atoms with van der Waals surface area (Å²) in [6, 6.07) is 15.2. The molecule has 0 saturated carbocycles. The molecule has 0 fully saturated rings. The molecule has 5 rings (SSSR count). The number of hydrogen-bond acceptors (Lipinski definition) is 6. The highest BCUT2D eigenvalue weighted by Gasteiger charge is 2.44. The van der Waals surface area contributed by atoms with E-state index in [1.807, 2.05) is 19.1 Å². The molecule has 2 aromatic heterocycles. The van der Waals surface area contributed by atoms with Crippen LogP contribution in [0.25, 0.3) is 11.0 Å². The molecular weight excluding hydrogens is 432 g/mol. The van der Waals surface area contributed by atoms with Crippen molar-refractivity contribution in [2.24, 2.45) is 0 Å². The molecule has 7 nitrogen and oxygen atoms in total. The van der Waals surface area contributed by atoms with Crippen molar-refractivity contribution in [3.05, 3.63) is 106 Å². The van der Waals surface area contributed by atoms with Gasteiger partial charge in [0.1, 0.15) is 18.0 Å². The Morgan fingerprint density at radius 2 is 1.97 bits per heavy atom. The summed E-state index contributed by atoms with van der Waals surface area (Å²) in [5, 5.41) is 0.428. The van der Waals surface area contributed by atoms with Crippen LogP contribution in [0.1, 0.15) is 33.3 Å². The molecule has 1 atom stereocenters. The second kappa shape index (κ2) is 8.51. The van der Waals surface area contributed by atoms with Gasteiger partial charge in [0, 0.05) is 6.20 Å². The number of methoxy groups -OCH3 is 1. The second-order valence-corrected chi connectivity index (χ2v) is 7.95. The summed E-state index contributed by atoms with van der Waals surface area (Å²) in [4.78, 5) is 33.2. The number of amides is 1. The molecule has 1 amide bonds. The number of aryl methyl sites for hydroxylation is 1. The summed E-state index contributed by atoms with van der Waals surface area (Å²) in [7, 11) is 1.54. The van der Waals surface area contributed by atoms with Gasteiger partial charge in [-0.05, 0) is 48.9 Å². The minimum absolute atomic E-state index is 0.0166. The zero-order chi connectivity index (χ0) is 23.8. The number of benzene rings is 2. The van der Waals surface area contributed by atoms with Gasteiger partial charge >= 0.3 is 0 Å². The third kappa shape index (κ3) is 3.42. The highest BCUT2D eigenvalue weighted by Crippen LogP contribution is 2.42. The number of hydrogen-bond donors (Lipinski definition) is 0. The predicted molar refractivity (Wildman–Crippen MR) is 129 cm³/mol. The monoisotopic (exact) mass is 454 g/mol. The predicted octanol–water partition coefficient (Wildman–Crippen LogP) is 4.82. The largest absolute Gasteiger partial charge is 0.493 e. The maximum absolute atomic E-state index is 13.7. The molecular formula is C27H22N2O5. The third-order valence-corrected chi connectivity index (χ3v) is 5.78. The van der Waals surface area contributed by atoms with Gasteiger partial charge in [0.25, 0.3) is 5.91 Å². The van der Waals surface area contributed by atoms with E-state index < -0.39 is 11.9 Å². The molecule has 0 unspecified atom stereocenters. The lowest BCUT2D eigenvalue weighted by atomic mass is 9.97. The van der Waals surface area contributed by atoms with Crippen molar-refractivity contribution in [2.75, 3.05) is 18.6 Å². The lowest BCUT2D eigenvalue weighted by Crippen LogP contribution is -2.30. The summed E-state index contributed by atoms with van der Waals surface area (Å²) in [5.74, 6) is 1.00. The Kier molecular flexibility index (Phi) is 5.37. The average molecular weight is 454 g/mol. The Hall–Kier alpha value is -4.39. The van der Waals surface area contributed by atoms with Gasteiger partial charge in [-0.1, -0.05) is 36.4 Å². The molecule has 0 spiro atoms. The van der Waals surface area contributed by atoms with E-state index in [4.69, 9.17) is 13.9 Å². The Morgan fingerprint density at radius 3 is 2.71 bits per heavy atom. The van der Waals surface area contributed by atoms with E-state index in [-0.39, 0.29) is 16.8 Å². The first-order valence-electron chi connectivity index (χ1n) is 10.8. The van der Waals surface area contributed by atoms with E-state index in [2.05, 4.69) is 11.6 Å². The van der Waals surface area contributed by atoms with Crippen molar-refractivity contribution >= 4 is 22.7 Å². The van der Waals surface area contributed by atoms with Crippen LogP contribution in [-0.4, -0.2) is 24.6 Å². The molecule has 0 radical (unpaired) electrons. The zero-order valence-corrected chi connectivity index (χ0v) is 18.8. The topological polar surface area (TPSA) is 81.9 Å². The molecule has 0 N–H and O–H groups in total. The standard InChI is InChI=1S/C27H22N2O5/c1-4-13-33-20-11-9-17(15-21(20)32-3)24-23-25(30)18-14-16(2)8-10-19(18)34-26(23)27(31)29(24)22-7-5-6-12-28-22/h4-12,14-15,24H,1,13H2,2-3H3/t24-/m1/s1. The van der Waals surface area contributed by atoms with Crippen LogP contribution in [0.3, 0.4) is 0 Å². The van der Waals surface area contributed by atoms with Crippen LogP contribution < -0.4 is 19.8 Å². The fourth-order valence-electron chi connectivity index (χ4n) is 4.26. The number of anilines is 1. The van der Waals surface area contributed by atoms with E-state index in [0.717, 1.165) is 5.56 Å². The average Bonchev–Trinajstić information content (AvgIpc) is 3.16. The first kappa shape index (κ1) is 21.5. The normalized spacial score (nSPS) is 14.8. The number of carbonyl (C=O) groups excluding carboxylic acids is 1. The highest BCUT2D eigenvalue weighted by molar-refractivity contribution is 6.10. The first-order chi connectivity index (χ1) is 16.5. The molecule has 3 heterocycles. The smallest absolute Gasteiger partial charge is 0.296 e. The van der Waals surface area contributed by atoms with Gasteiger partial charge < -0.3 is 13.9 Å². The van der Waals surface area contributed by atoms with E-state index >= 15 is 0 Å².